The van der Waals surface area contributed by atoms with E-state index in [-0.39, 0.29) is 11.9 Å². The lowest BCUT2D eigenvalue weighted by atomic mass is 9.96. The molecule has 0 amide bonds. The van der Waals surface area contributed by atoms with Crippen molar-refractivity contribution in [3.8, 4) is 0 Å². The second-order valence-corrected chi connectivity index (χ2v) is 6.14. The number of aliphatic hydroxyl groups is 1. The Bertz CT molecular complexity index is 366. The molecule has 1 aliphatic heterocycles. The molecule has 2 unspecified atom stereocenters. The molecule has 1 saturated heterocycles. The summed E-state index contributed by atoms with van der Waals surface area (Å²) in [6.07, 6.45) is 1.38. The minimum Gasteiger partial charge on any atom is -0.392 e. The van der Waals surface area contributed by atoms with Gasteiger partial charge in [0.1, 0.15) is 5.82 Å². The first-order valence-electron chi connectivity index (χ1n) is 5.36. The van der Waals surface area contributed by atoms with Crippen LogP contribution in [0.25, 0.3) is 0 Å². The largest absolute Gasteiger partial charge is 0.392 e. The monoisotopic (exact) mass is 304 g/mol. The normalized spacial score (nSPS) is 22.3. The van der Waals surface area contributed by atoms with E-state index in [0.29, 0.717) is 12.3 Å². The fraction of sp³-hybridized carbons (Fsp3) is 0.500. The molecular formula is C12H14BrFOS. The Hall–Kier alpha value is -0.0600. The number of hydrogen-bond acceptors (Lipinski definition) is 2. The lowest BCUT2D eigenvalue weighted by Crippen LogP contribution is -2.22. The number of halogens is 2. The van der Waals surface area contributed by atoms with Gasteiger partial charge in [-0.25, -0.2) is 4.39 Å². The van der Waals surface area contributed by atoms with Crippen LogP contribution in [0.5, 0.6) is 0 Å². The van der Waals surface area contributed by atoms with Gasteiger partial charge in [-0.2, -0.15) is 11.8 Å². The zero-order chi connectivity index (χ0) is 11.5. The van der Waals surface area contributed by atoms with Crippen LogP contribution < -0.4 is 0 Å². The van der Waals surface area contributed by atoms with Crippen LogP contribution in [-0.4, -0.2) is 22.7 Å². The van der Waals surface area contributed by atoms with Gasteiger partial charge in [-0.05, 0) is 48.0 Å². The summed E-state index contributed by atoms with van der Waals surface area (Å²) in [5.74, 6) is 2.33. The molecule has 4 heteroatoms. The highest BCUT2D eigenvalue weighted by molar-refractivity contribution is 9.10. The van der Waals surface area contributed by atoms with Crippen molar-refractivity contribution in [3.63, 3.8) is 0 Å². The van der Waals surface area contributed by atoms with Gasteiger partial charge in [-0.15, -0.1) is 0 Å². The van der Waals surface area contributed by atoms with Crippen LogP contribution in [0.4, 0.5) is 4.39 Å². The molecule has 0 aromatic heterocycles. The Morgan fingerprint density at radius 3 is 3.00 bits per heavy atom. The minimum absolute atomic E-state index is 0.249. The fourth-order valence-corrected chi connectivity index (χ4v) is 3.78. The van der Waals surface area contributed by atoms with E-state index in [4.69, 9.17) is 0 Å². The van der Waals surface area contributed by atoms with Crippen LogP contribution in [0, 0.1) is 11.7 Å². The molecule has 2 rings (SSSR count). The highest BCUT2D eigenvalue weighted by atomic mass is 79.9. The van der Waals surface area contributed by atoms with Gasteiger partial charge in [0, 0.05) is 4.47 Å². The lowest BCUT2D eigenvalue weighted by molar-refractivity contribution is 0.120. The first-order chi connectivity index (χ1) is 7.66. The molecule has 0 radical (unpaired) electrons. The molecule has 1 aromatic rings. The van der Waals surface area contributed by atoms with Crippen LogP contribution in [0.3, 0.4) is 0 Å². The van der Waals surface area contributed by atoms with Crippen molar-refractivity contribution in [2.75, 3.05) is 11.5 Å². The van der Waals surface area contributed by atoms with E-state index in [1.807, 2.05) is 11.8 Å². The molecule has 1 heterocycles. The van der Waals surface area contributed by atoms with E-state index in [1.165, 1.54) is 12.1 Å². The van der Waals surface area contributed by atoms with Gasteiger partial charge in [0.05, 0.1) is 6.10 Å². The minimum atomic E-state index is -0.309. The van der Waals surface area contributed by atoms with E-state index in [1.54, 1.807) is 6.07 Å². The number of rotatable bonds is 3. The molecule has 88 valence electrons. The summed E-state index contributed by atoms with van der Waals surface area (Å²) in [4.78, 5) is 0. The van der Waals surface area contributed by atoms with Crippen molar-refractivity contribution < 1.29 is 9.50 Å². The molecule has 1 aromatic carbocycles. The first-order valence-corrected chi connectivity index (χ1v) is 7.31. The van der Waals surface area contributed by atoms with Gasteiger partial charge in [0.25, 0.3) is 0 Å². The molecule has 0 aliphatic carbocycles. The quantitative estimate of drug-likeness (QED) is 0.925. The maximum absolute atomic E-state index is 12.9. The molecule has 0 bridgehead atoms. The van der Waals surface area contributed by atoms with Crippen LogP contribution in [0.15, 0.2) is 22.7 Å². The molecular weight excluding hydrogens is 291 g/mol. The third-order valence-electron chi connectivity index (χ3n) is 2.95. The predicted molar refractivity (Wildman–Crippen MR) is 69.2 cm³/mol. The highest BCUT2D eigenvalue weighted by Crippen LogP contribution is 2.29. The molecule has 0 spiro atoms. The highest BCUT2D eigenvalue weighted by Gasteiger charge is 2.24. The van der Waals surface area contributed by atoms with Crippen molar-refractivity contribution in [1.29, 1.82) is 0 Å². The van der Waals surface area contributed by atoms with Gasteiger partial charge >= 0.3 is 0 Å². The Morgan fingerprint density at radius 2 is 2.38 bits per heavy atom. The zero-order valence-electron chi connectivity index (χ0n) is 8.83. The average molecular weight is 305 g/mol. The molecule has 16 heavy (non-hydrogen) atoms. The van der Waals surface area contributed by atoms with Gasteiger partial charge in [0.2, 0.25) is 0 Å². The summed E-state index contributed by atoms with van der Waals surface area (Å²) in [6.45, 7) is 0. The number of benzene rings is 1. The Kier molecular flexibility index (Phi) is 4.27. The van der Waals surface area contributed by atoms with E-state index >= 15 is 0 Å². The summed E-state index contributed by atoms with van der Waals surface area (Å²) in [6, 6.07) is 4.63. The first kappa shape index (κ1) is 12.4. The number of aliphatic hydroxyl groups excluding tert-OH is 1. The molecule has 1 nitrogen and oxygen atoms in total. The van der Waals surface area contributed by atoms with Gasteiger partial charge in [0.15, 0.2) is 0 Å². The molecule has 1 fully saturated rings. The lowest BCUT2D eigenvalue weighted by Gasteiger charge is -2.17. The van der Waals surface area contributed by atoms with Crippen molar-refractivity contribution >= 4 is 27.7 Å². The number of hydrogen-bond donors (Lipinski definition) is 1. The summed E-state index contributed by atoms with van der Waals surface area (Å²) in [5, 5.41) is 10.1. The van der Waals surface area contributed by atoms with Crippen molar-refractivity contribution in [2.45, 2.75) is 18.9 Å². The van der Waals surface area contributed by atoms with Crippen LogP contribution >= 0.6 is 27.7 Å². The van der Waals surface area contributed by atoms with E-state index in [2.05, 4.69) is 15.9 Å². The smallest absolute Gasteiger partial charge is 0.124 e. The fourth-order valence-electron chi connectivity index (χ4n) is 1.94. The van der Waals surface area contributed by atoms with Gasteiger partial charge in [-0.1, -0.05) is 22.0 Å². The summed E-state index contributed by atoms with van der Waals surface area (Å²) >= 11 is 5.22. The maximum Gasteiger partial charge on any atom is 0.124 e. The van der Waals surface area contributed by atoms with Crippen LogP contribution in [0.2, 0.25) is 0 Å². The van der Waals surface area contributed by atoms with Crippen LogP contribution in [0.1, 0.15) is 12.0 Å². The summed E-state index contributed by atoms with van der Waals surface area (Å²) in [7, 11) is 0. The second kappa shape index (κ2) is 5.52. The van der Waals surface area contributed by atoms with E-state index in [9.17, 15) is 9.50 Å². The Morgan fingerprint density at radius 1 is 1.56 bits per heavy atom. The topological polar surface area (TPSA) is 20.2 Å². The van der Waals surface area contributed by atoms with Crippen molar-refractivity contribution in [2.24, 2.45) is 5.92 Å². The zero-order valence-corrected chi connectivity index (χ0v) is 11.2. The van der Waals surface area contributed by atoms with Gasteiger partial charge in [-0.3, -0.25) is 0 Å². The van der Waals surface area contributed by atoms with Crippen molar-refractivity contribution in [3.05, 3.63) is 34.1 Å². The molecule has 2 atom stereocenters. The van der Waals surface area contributed by atoms with Crippen molar-refractivity contribution in [1.82, 2.24) is 0 Å². The second-order valence-electron chi connectivity index (χ2n) is 4.13. The predicted octanol–water partition coefficient (Wildman–Crippen LogP) is 3.24. The standard InChI is InChI=1S/C12H14BrFOS/c13-11-6-10(14)2-1-8(11)5-12(15)9-3-4-16-7-9/h1-2,6,9,12,15H,3-5,7H2. The SMILES string of the molecule is OC(Cc1ccc(F)cc1Br)C1CCSC1. The van der Waals surface area contributed by atoms with Gasteiger partial charge < -0.3 is 5.11 Å². The molecule has 1 aliphatic rings. The van der Waals surface area contributed by atoms with E-state index < -0.39 is 0 Å². The Labute approximate surface area is 108 Å². The third kappa shape index (κ3) is 2.99. The molecule has 1 N–H and O–H groups in total. The number of thioether (sulfide) groups is 1. The average Bonchev–Trinajstić information content (AvgIpc) is 2.75. The third-order valence-corrected chi connectivity index (χ3v) is 4.88. The summed E-state index contributed by atoms with van der Waals surface area (Å²) in [5.41, 5.74) is 0.978. The maximum atomic E-state index is 12.9. The van der Waals surface area contributed by atoms with Crippen LogP contribution in [-0.2, 0) is 6.42 Å². The summed E-state index contributed by atoms with van der Waals surface area (Å²) < 4.78 is 13.6. The Balaban J connectivity index is 2.02. The van der Waals surface area contributed by atoms with E-state index in [0.717, 1.165) is 28.0 Å². The molecule has 0 saturated carbocycles.